The number of ether oxygens (including phenoxy) is 4. The van der Waals surface area contributed by atoms with Crippen LogP contribution in [0.25, 0.3) is 6.08 Å². The molecular formula is C32H38O8. The number of rotatable bonds is 5. The number of Topliss-reactive ketones (excluding diaryl/α,β-unsaturated/α-hetero) is 1. The Hall–Kier alpha value is -3.81. The van der Waals surface area contributed by atoms with E-state index in [0.29, 0.717) is 73.7 Å². The predicted octanol–water partition coefficient (Wildman–Crippen LogP) is 6.36. The van der Waals surface area contributed by atoms with Crippen LogP contribution >= 0.6 is 0 Å². The topological polar surface area (TPSA) is 108 Å². The lowest BCUT2D eigenvalue weighted by molar-refractivity contribution is -0.135. The van der Waals surface area contributed by atoms with Gasteiger partial charge in [0.2, 0.25) is 0 Å². The second kappa shape index (κ2) is 13.0. The average Bonchev–Trinajstić information content (AvgIpc) is 2.90. The third-order valence-corrected chi connectivity index (χ3v) is 7.14. The van der Waals surface area contributed by atoms with Gasteiger partial charge < -0.3 is 24.1 Å². The van der Waals surface area contributed by atoms with Crippen molar-refractivity contribution in [2.45, 2.75) is 77.7 Å². The fourth-order valence-electron chi connectivity index (χ4n) is 5.08. The Kier molecular flexibility index (Phi) is 9.50. The number of cyclic esters (lactones) is 1. The molecule has 0 fully saturated rings. The number of methoxy groups -OCH3 is 1. The van der Waals surface area contributed by atoms with Gasteiger partial charge in [-0.25, -0.2) is 4.79 Å². The molecule has 0 aromatic heterocycles. The maximum absolute atomic E-state index is 13.4. The van der Waals surface area contributed by atoms with Crippen LogP contribution in [0.1, 0.15) is 98.7 Å². The summed E-state index contributed by atoms with van der Waals surface area (Å²) in [5.41, 5.74) is 1.49. The Morgan fingerprint density at radius 2 is 1.85 bits per heavy atom. The molecule has 0 radical (unpaired) electrons. The third kappa shape index (κ3) is 6.84. The minimum absolute atomic E-state index is 0.0232. The van der Waals surface area contributed by atoms with Crippen LogP contribution in [0.15, 0.2) is 30.3 Å². The van der Waals surface area contributed by atoms with Gasteiger partial charge in [-0.3, -0.25) is 9.59 Å². The van der Waals surface area contributed by atoms with Crippen LogP contribution in [-0.2, 0) is 14.3 Å². The summed E-state index contributed by atoms with van der Waals surface area (Å²) in [5, 5.41) is 11.6. The molecule has 2 aromatic carbocycles. The van der Waals surface area contributed by atoms with E-state index in [0.717, 1.165) is 5.56 Å². The van der Waals surface area contributed by atoms with Crippen molar-refractivity contribution < 1.29 is 38.4 Å². The first kappa shape index (κ1) is 29.2. The van der Waals surface area contributed by atoms with Gasteiger partial charge in [-0.2, -0.15) is 0 Å². The molecule has 4 rings (SSSR count). The minimum atomic E-state index is -0.665. The minimum Gasteiger partial charge on any atom is -0.507 e. The van der Waals surface area contributed by atoms with Crippen molar-refractivity contribution in [1.29, 1.82) is 0 Å². The Balaban J connectivity index is 1.80. The average molecular weight is 551 g/mol. The molecule has 2 atom stereocenters. The van der Waals surface area contributed by atoms with Crippen LogP contribution in [-0.4, -0.2) is 42.6 Å². The summed E-state index contributed by atoms with van der Waals surface area (Å²) in [6.45, 7) is 6.34. The van der Waals surface area contributed by atoms with Gasteiger partial charge in [-0.15, -0.1) is 0 Å². The number of aromatic hydroxyl groups is 1. The van der Waals surface area contributed by atoms with Gasteiger partial charge in [0, 0.05) is 24.3 Å². The molecule has 2 aliphatic rings. The third-order valence-electron chi connectivity index (χ3n) is 7.14. The number of hydrogen-bond donors (Lipinski definition) is 1. The Morgan fingerprint density at radius 1 is 1.07 bits per heavy atom. The Labute approximate surface area is 235 Å². The maximum Gasteiger partial charge on any atom is 0.342 e. The molecule has 1 unspecified atom stereocenters. The van der Waals surface area contributed by atoms with Gasteiger partial charge in [0.15, 0.2) is 11.5 Å². The molecule has 0 spiro atoms. The van der Waals surface area contributed by atoms with Gasteiger partial charge in [-0.1, -0.05) is 32.1 Å². The number of ketones is 1. The van der Waals surface area contributed by atoms with Crippen LogP contribution in [0.2, 0.25) is 0 Å². The smallest absolute Gasteiger partial charge is 0.342 e. The molecule has 0 saturated carbocycles. The molecule has 0 amide bonds. The summed E-state index contributed by atoms with van der Waals surface area (Å²) in [6.07, 6.45) is 6.53. The van der Waals surface area contributed by atoms with Crippen molar-refractivity contribution in [2.24, 2.45) is 5.92 Å². The lowest BCUT2D eigenvalue weighted by Gasteiger charge is -2.28. The van der Waals surface area contributed by atoms with Crippen molar-refractivity contribution in [3.05, 3.63) is 52.6 Å². The fourth-order valence-corrected chi connectivity index (χ4v) is 5.08. The number of carbonyl (C=O) groups is 3. The van der Waals surface area contributed by atoms with Gasteiger partial charge >= 0.3 is 11.9 Å². The van der Waals surface area contributed by atoms with Crippen molar-refractivity contribution in [2.75, 3.05) is 13.7 Å². The number of phenols is 1. The Morgan fingerprint density at radius 3 is 2.60 bits per heavy atom. The summed E-state index contributed by atoms with van der Waals surface area (Å²) in [6, 6.07) is 7.00. The standard InChI is InChI=1S/C32H38O8/c1-19(2)18-38-26-15-21(13-14-25(26)37-4)24-17-28(34)40-27-16-22-10-6-5-7-11-23(33)12-8-9-20(3)39-32(36)29(22)31(35)30(24)27/h6,10,13-16,19-20,24,35H,5,7-9,11-12,17-18H2,1-4H3/b10-6+/t20-,24?/m0/s1. The first-order chi connectivity index (χ1) is 19.2. The molecule has 2 heterocycles. The molecule has 0 saturated heterocycles. The predicted molar refractivity (Wildman–Crippen MR) is 150 cm³/mol. The lowest BCUT2D eigenvalue weighted by atomic mass is 9.83. The molecule has 2 aliphatic heterocycles. The van der Waals surface area contributed by atoms with Gasteiger partial charge in [-0.05, 0) is 67.9 Å². The monoisotopic (exact) mass is 550 g/mol. The molecular weight excluding hydrogens is 512 g/mol. The van der Waals surface area contributed by atoms with Crippen molar-refractivity contribution in [3.63, 3.8) is 0 Å². The van der Waals surface area contributed by atoms with Gasteiger partial charge in [0.1, 0.15) is 22.8 Å². The molecule has 2 aromatic rings. The van der Waals surface area contributed by atoms with Crippen LogP contribution < -0.4 is 14.2 Å². The normalized spacial score (nSPS) is 21.0. The van der Waals surface area contributed by atoms with E-state index in [4.69, 9.17) is 18.9 Å². The number of fused-ring (bicyclic) bond motifs is 2. The van der Waals surface area contributed by atoms with E-state index >= 15 is 0 Å². The highest BCUT2D eigenvalue weighted by Crippen LogP contribution is 2.48. The summed E-state index contributed by atoms with van der Waals surface area (Å²) in [7, 11) is 1.56. The molecule has 0 aliphatic carbocycles. The molecule has 40 heavy (non-hydrogen) atoms. The zero-order chi connectivity index (χ0) is 28.8. The fraction of sp³-hybridized carbons (Fsp3) is 0.469. The number of allylic oxidation sites excluding steroid dienone is 1. The maximum atomic E-state index is 13.4. The molecule has 1 N–H and O–H groups in total. The van der Waals surface area contributed by atoms with E-state index in [9.17, 15) is 19.5 Å². The van der Waals surface area contributed by atoms with Crippen LogP contribution in [0, 0.1) is 5.92 Å². The highest BCUT2D eigenvalue weighted by Gasteiger charge is 2.36. The van der Waals surface area contributed by atoms with Crippen LogP contribution in [0.3, 0.4) is 0 Å². The van der Waals surface area contributed by atoms with E-state index in [2.05, 4.69) is 0 Å². The second-order valence-electron chi connectivity index (χ2n) is 10.9. The zero-order valence-corrected chi connectivity index (χ0v) is 23.7. The largest absolute Gasteiger partial charge is 0.507 e. The Bertz CT molecular complexity index is 1290. The van der Waals surface area contributed by atoms with E-state index < -0.39 is 24.0 Å². The molecule has 8 nitrogen and oxygen atoms in total. The number of esters is 2. The first-order valence-corrected chi connectivity index (χ1v) is 14.0. The number of benzene rings is 2. The van der Waals surface area contributed by atoms with Crippen LogP contribution in [0.5, 0.6) is 23.0 Å². The zero-order valence-electron chi connectivity index (χ0n) is 23.7. The highest BCUT2D eigenvalue weighted by molar-refractivity contribution is 5.98. The summed E-state index contributed by atoms with van der Waals surface area (Å²) in [4.78, 5) is 38.3. The highest BCUT2D eigenvalue weighted by atomic mass is 16.5. The van der Waals surface area contributed by atoms with E-state index in [1.807, 2.05) is 26.0 Å². The number of phenolic OH excluding ortho intramolecular Hbond substituents is 1. The molecule has 8 heteroatoms. The molecule has 214 valence electrons. The van der Waals surface area contributed by atoms with Gasteiger partial charge in [0.25, 0.3) is 0 Å². The molecule has 0 bridgehead atoms. The van der Waals surface area contributed by atoms with Crippen LogP contribution in [0.4, 0.5) is 0 Å². The lowest BCUT2D eigenvalue weighted by Crippen LogP contribution is -2.23. The van der Waals surface area contributed by atoms with E-state index in [-0.39, 0.29) is 29.3 Å². The quantitative estimate of drug-likeness (QED) is 0.339. The number of hydrogen-bond acceptors (Lipinski definition) is 8. The SMILES string of the molecule is COc1ccc(C2CC(=O)Oc3cc4c(c(O)c32)C(=O)O[C@@H](C)CCCC(=O)CCC/C=C/4)cc1OCC(C)C. The van der Waals surface area contributed by atoms with E-state index in [1.165, 1.54) is 0 Å². The van der Waals surface area contributed by atoms with Gasteiger partial charge in [0.05, 0.1) is 26.2 Å². The second-order valence-corrected chi connectivity index (χ2v) is 10.9. The van der Waals surface area contributed by atoms with Crippen molar-refractivity contribution in [3.8, 4) is 23.0 Å². The summed E-state index contributed by atoms with van der Waals surface area (Å²) < 4.78 is 22.7. The summed E-state index contributed by atoms with van der Waals surface area (Å²) in [5.74, 6) is -0.192. The van der Waals surface area contributed by atoms with E-state index in [1.54, 1.807) is 38.3 Å². The van der Waals surface area contributed by atoms with Crippen molar-refractivity contribution in [1.82, 2.24) is 0 Å². The summed E-state index contributed by atoms with van der Waals surface area (Å²) >= 11 is 0. The van der Waals surface area contributed by atoms with Crippen molar-refractivity contribution >= 4 is 23.8 Å². The number of carbonyl (C=O) groups excluding carboxylic acids is 3. The first-order valence-electron chi connectivity index (χ1n) is 14.0.